The predicted octanol–water partition coefficient (Wildman–Crippen LogP) is 6.10. The number of benzene rings is 2. The number of hydrogen-bond acceptors (Lipinski definition) is 13. The van der Waals surface area contributed by atoms with E-state index in [1.165, 1.54) is 4.90 Å². The third-order valence-corrected chi connectivity index (χ3v) is 15.9. The summed E-state index contributed by atoms with van der Waals surface area (Å²) in [6, 6.07) is 16.6. The maximum Gasteiger partial charge on any atom is 0.253 e. The van der Waals surface area contributed by atoms with Crippen LogP contribution in [0.15, 0.2) is 66.3 Å². The first-order valence-electron chi connectivity index (χ1n) is 24.2. The van der Waals surface area contributed by atoms with E-state index in [-0.39, 0.29) is 84.5 Å². The van der Waals surface area contributed by atoms with Crippen LogP contribution >= 0.6 is 22.9 Å². The molecule has 2 saturated heterocycles. The number of nitrogens with one attached hydrogen (secondary N) is 4. The normalized spacial score (nSPS) is 24.6. The second kappa shape index (κ2) is 21.0. The van der Waals surface area contributed by atoms with Crippen LogP contribution in [0.3, 0.4) is 0 Å². The number of nitriles is 1. The molecule has 0 unspecified atom stereocenters. The molecule has 4 aliphatic rings. The summed E-state index contributed by atoms with van der Waals surface area (Å²) in [5.74, 6) is 0.0871. The molecule has 0 radical (unpaired) electrons. The second-order valence-electron chi connectivity index (χ2n) is 20.5. The quantitative estimate of drug-likeness (QED) is 0.0863. The zero-order valence-corrected chi connectivity index (χ0v) is 42.4. The van der Waals surface area contributed by atoms with E-state index in [1.807, 2.05) is 55.8 Å². The highest BCUT2D eigenvalue weighted by Crippen LogP contribution is 2.55. The van der Waals surface area contributed by atoms with Gasteiger partial charge in [-0.1, -0.05) is 63.6 Å². The van der Waals surface area contributed by atoms with Crippen LogP contribution in [0.4, 0.5) is 5.82 Å². The summed E-state index contributed by atoms with van der Waals surface area (Å²) in [4.78, 5) is 67.1. The fraction of sp³-hybridized carbons (Fsp3) is 0.519. The van der Waals surface area contributed by atoms with Gasteiger partial charge in [-0.15, -0.1) is 11.3 Å². The van der Waals surface area contributed by atoms with Gasteiger partial charge in [0.2, 0.25) is 17.7 Å². The summed E-state index contributed by atoms with van der Waals surface area (Å²) in [7, 11) is 0. The number of aliphatic hydroxyl groups excluding tert-OH is 1. The fourth-order valence-electron chi connectivity index (χ4n) is 10.9. The molecular weight excluding hydrogens is 930 g/mol. The minimum atomic E-state index is -0.887. The van der Waals surface area contributed by atoms with E-state index in [0.717, 1.165) is 66.3 Å². The zero-order chi connectivity index (χ0) is 50.1. The minimum absolute atomic E-state index is 0.0115. The van der Waals surface area contributed by atoms with Gasteiger partial charge >= 0.3 is 0 Å². The number of anilines is 1. The number of nitrogens with zero attached hydrogens (tertiary/aromatic N) is 5. The Labute approximate surface area is 418 Å². The van der Waals surface area contributed by atoms with Gasteiger partial charge < -0.3 is 45.6 Å². The molecule has 2 saturated carbocycles. The molecule has 4 atom stereocenters. The summed E-state index contributed by atoms with van der Waals surface area (Å²) >= 11 is 7.83. The predicted molar refractivity (Wildman–Crippen MR) is 267 cm³/mol. The number of likely N-dealkylation sites (tertiary alicyclic amines) is 1. The van der Waals surface area contributed by atoms with Crippen molar-refractivity contribution in [3.63, 3.8) is 0 Å². The van der Waals surface area contributed by atoms with Gasteiger partial charge in [0, 0.05) is 61.2 Å². The van der Waals surface area contributed by atoms with Gasteiger partial charge in [0.25, 0.3) is 5.91 Å². The van der Waals surface area contributed by atoms with Crippen LogP contribution in [0.5, 0.6) is 5.75 Å². The van der Waals surface area contributed by atoms with E-state index in [0.29, 0.717) is 21.9 Å². The highest BCUT2D eigenvalue weighted by atomic mass is 35.5. The van der Waals surface area contributed by atoms with Crippen molar-refractivity contribution in [1.82, 2.24) is 36.1 Å². The molecule has 2 aromatic heterocycles. The van der Waals surface area contributed by atoms with Crippen molar-refractivity contribution in [2.24, 2.45) is 10.8 Å². The highest BCUT2D eigenvalue weighted by molar-refractivity contribution is 7.13. The van der Waals surface area contributed by atoms with Gasteiger partial charge in [0.15, 0.2) is 0 Å². The Kier molecular flexibility index (Phi) is 15.2. The Balaban J connectivity index is 0.715. The van der Waals surface area contributed by atoms with E-state index in [1.54, 1.807) is 42.7 Å². The maximum atomic E-state index is 13.5. The Morgan fingerprint density at radius 2 is 1.67 bits per heavy atom. The SMILES string of the molecule is Cc1ncsc1-c1ccc([C@H](C)NC(=O)[C@@H]2C[C@@H](O)CN2C(=O)[C@H](C)NC(=O)CNC2CC(OC3CCN(c4ccc(C(=O)NC5C(C)(C)C(Oc6ccc(C#N)c(Cl)c6)C5(C)C)cn4)CC3)C2)cc1. The first kappa shape index (κ1) is 50.7. The summed E-state index contributed by atoms with van der Waals surface area (Å²) in [5, 5.41) is 32.4. The number of rotatable bonds is 16. The molecule has 0 bridgehead atoms. The molecule has 5 N–H and O–H groups in total. The molecule has 4 amide bonds. The van der Waals surface area contributed by atoms with Crippen LogP contribution in [-0.4, -0.2) is 118 Å². The Morgan fingerprint density at radius 3 is 2.30 bits per heavy atom. The number of piperidine rings is 1. The van der Waals surface area contributed by atoms with Crippen molar-refractivity contribution in [2.75, 3.05) is 31.1 Å². The molecule has 372 valence electrons. The number of aliphatic hydroxyl groups is 1. The molecule has 2 aliphatic heterocycles. The minimum Gasteiger partial charge on any atom is -0.489 e. The maximum absolute atomic E-state index is 13.5. The summed E-state index contributed by atoms with van der Waals surface area (Å²) in [6.45, 7) is 15.3. The van der Waals surface area contributed by atoms with Gasteiger partial charge in [-0.25, -0.2) is 9.97 Å². The zero-order valence-electron chi connectivity index (χ0n) is 40.8. The molecule has 8 rings (SSSR count). The Bertz CT molecular complexity index is 2570. The monoisotopic (exact) mass is 993 g/mol. The van der Waals surface area contributed by atoms with Crippen LogP contribution in [0.25, 0.3) is 10.4 Å². The molecule has 4 fully saturated rings. The second-order valence-corrected chi connectivity index (χ2v) is 21.8. The lowest BCUT2D eigenvalue weighted by atomic mass is 9.49. The standard InChI is InChI=1S/C52H64ClN9O7S/c1-29(32-8-10-33(11-9-32)45-30(2)57-28-70-45)59-47(66)42-22-37(63)27-62(42)48(67)31(3)58-44(64)26-55-36-20-40(21-36)68-38-16-18-61(19-17-38)43-15-13-35(25-56-43)46(65)60-49-51(4,5)50(52(49,6)7)69-39-14-12-34(24-54)41(53)23-39/h8-15,23,25,28-29,31,36-38,40,42,49-50,55,63H,16-22,26-27H2,1-7H3,(H,58,64)(H,59,66)(H,60,65)/t29-,31-,36?,37+,40?,42-,49?,50?/m0/s1. The first-order chi connectivity index (χ1) is 33.3. The number of pyridine rings is 1. The van der Waals surface area contributed by atoms with Gasteiger partial charge in [-0.3, -0.25) is 19.2 Å². The molecular formula is C52H64ClN9O7S. The average Bonchev–Trinajstić information content (AvgIpc) is 3.95. The third-order valence-electron chi connectivity index (χ3n) is 14.6. The number of β-amino-alcohol motifs (C(OH)–C–C–N with tert-alkyl or cyclic N) is 1. The van der Waals surface area contributed by atoms with Crippen LogP contribution in [0.1, 0.15) is 107 Å². The lowest BCUT2D eigenvalue weighted by molar-refractivity contribution is -0.164. The summed E-state index contributed by atoms with van der Waals surface area (Å²) < 4.78 is 12.8. The Hall–Kier alpha value is -5.64. The van der Waals surface area contributed by atoms with Gasteiger partial charge in [-0.2, -0.15) is 5.26 Å². The van der Waals surface area contributed by atoms with Crippen LogP contribution in [0.2, 0.25) is 5.02 Å². The van der Waals surface area contributed by atoms with E-state index in [9.17, 15) is 29.5 Å². The molecule has 4 heterocycles. The van der Waals surface area contributed by atoms with Crippen molar-refractivity contribution in [3.05, 3.63) is 93.7 Å². The van der Waals surface area contributed by atoms with Crippen molar-refractivity contribution in [1.29, 1.82) is 5.26 Å². The number of aromatic nitrogens is 2. The van der Waals surface area contributed by atoms with Crippen molar-refractivity contribution in [2.45, 2.75) is 135 Å². The number of aryl methyl sites for hydroxylation is 1. The molecule has 2 aromatic carbocycles. The number of carbonyl (C=O) groups is 4. The Morgan fingerprint density at radius 1 is 0.957 bits per heavy atom. The number of hydrogen-bond donors (Lipinski definition) is 5. The van der Waals surface area contributed by atoms with Gasteiger partial charge in [-0.05, 0) is 81.8 Å². The third kappa shape index (κ3) is 11.0. The number of thiazole rings is 1. The molecule has 16 nitrogen and oxygen atoms in total. The largest absolute Gasteiger partial charge is 0.489 e. The molecule has 2 aliphatic carbocycles. The van der Waals surface area contributed by atoms with E-state index < -0.39 is 24.1 Å². The van der Waals surface area contributed by atoms with E-state index in [4.69, 9.17) is 21.1 Å². The highest BCUT2D eigenvalue weighted by Gasteiger charge is 2.64. The number of ether oxygens (including phenoxy) is 2. The van der Waals surface area contributed by atoms with Crippen molar-refractivity contribution >= 4 is 52.4 Å². The van der Waals surface area contributed by atoms with Crippen LogP contribution in [0, 0.1) is 29.1 Å². The first-order valence-corrected chi connectivity index (χ1v) is 25.4. The topological polar surface area (TPSA) is 211 Å². The average molecular weight is 995 g/mol. The van der Waals surface area contributed by atoms with Crippen molar-refractivity contribution in [3.8, 4) is 22.3 Å². The lowest BCUT2D eigenvalue weighted by Crippen LogP contribution is -2.74. The molecule has 70 heavy (non-hydrogen) atoms. The van der Waals surface area contributed by atoms with Crippen molar-refractivity contribution < 1.29 is 33.8 Å². The van der Waals surface area contributed by atoms with Crippen LogP contribution in [-0.2, 0) is 19.1 Å². The number of amides is 4. The van der Waals surface area contributed by atoms with E-state index in [2.05, 4.69) is 69.9 Å². The lowest BCUT2D eigenvalue weighted by Gasteiger charge is -2.63. The summed E-state index contributed by atoms with van der Waals surface area (Å²) in [6.07, 6.45) is 4.13. The van der Waals surface area contributed by atoms with Crippen LogP contribution < -0.4 is 30.9 Å². The van der Waals surface area contributed by atoms with Gasteiger partial charge in [0.1, 0.15) is 35.8 Å². The summed E-state index contributed by atoms with van der Waals surface area (Å²) in [5.41, 5.74) is 4.84. The number of carbonyl (C=O) groups excluding carboxylic acids is 4. The fourth-order valence-corrected chi connectivity index (χ4v) is 11.9. The van der Waals surface area contributed by atoms with E-state index >= 15 is 0 Å². The number of halogens is 1. The smallest absolute Gasteiger partial charge is 0.253 e. The molecule has 0 spiro atoms. The molecule has 18 heteroatoms. The van der Waals surface area contributed by atoms with Gasteiger partial charge in [0.05, 0.1) is 63.1 Å². The molecule has 4 aromatic rings.